The maximum atomic E-state index is 12.9. The Hall–Kier alpha value is -1.58. The molecule has 3 rings (SSSR count). The molecule has 1 atom stereocenters. The molecule has 2 heterocycles. The Morgan fingerprint density at radius 1 is 1.15 bits per heavy atom. The fourth-order valence-corrected chi connectivity index (χ4v) is 4.82. The van der Waals surface area contributed by atoms with Crippen LogP contribution in [-0.4, -0.2) is 50.6 Å². The van der Waals surface area contributed by atoms with Crippen LogP contribution >= 0.6 is 12.2 Å². The summed E-state index contributed by atoms with van der Waals surface area (Å²) in [7, 11) is -1.45. The average Bonchev–Trinajstić information content (AvgIpc) is 2.66. The summed E-state index contributed by atoms with van der Waals surface area (Å²) in [4.78, 5) is 1.50. The van der Waals surface area contributed by atoms with Gasteiger partial charge in [-0.05, 0) is 24.6 Å². The van der Waals surface area contributed by atoms with E-state index in [1.807, 2.05) is 16.7 Å². The molecule has 1 aromatic heterocycles. The SMILES string of the molecule is Cc1ccccc1C[NH+](C)Cn1cc(S(=O)(=O)N2CCOCC2)ccc1=S. The van der Waals surface area contributed by atoms with Gasteiger partial charge in [-0.25, -0.2) is 8.42 Å². The van der Waals surface area contributed by atoms with Gasteiger partial charge in [0.05, 0.1) is 25.2 Å². The van der Waals surface area contributed by atoms with Crippen LogP contribution in [0.15, 0.2) is 47.5 Å². The number of hydrogen-bond donors (Lipinski definition) is 1. The molecule has 0 bridgehead atoms. The van der Waals surface area contributed by atoms with Crippen LogP contribution in [0.25, 0.3) is 0 Å². The molecule has 0 amide bonds. The van der Waals surface area contributed by atoms with Crippen LogP contribution in [0.3, 0.4) is 0 Å². The highest BCUT2D eigenvalue weighted by molar-refractivity contribution is 7.89. The number of sulfonamides is 1. The van der Waals surface area contributed by atoms with Crippen LogP contribution in [-0.2, 0) is 28.0 Å². The predicted molar refractivity (Wildman–Crippen MR) is 107 cm³/mol. The second kappa shape index (κ2) is 8.62. The highest BCUT2D eigenvalue weighted by Crippen LogP contribution is 2.16. The minimum absolute atomic E-state index is 0.279. The summed E-state index contributed by atoms with van der Waals surface area (Å²) in [6, 6.07) is 11.6. The Balaban J connectivity index is 1.79. The summed E-state index contributed by atoms with van der Waals surface area (Å²) in [5, 5.41) is 0. The van der Waals surface area contributed by atoms with Crippen molar-refractivity contribution in [1.82, 2.24) is 8.87 Å². The lowest BCUT2D eigenvalue weighted by Gasteiger charge is -2.26. The first-order valence-electron chi connectivity index (χ1n) is 9.02. The molecule has 146 valence electrons. The highest BCUT2D eigenvalue weighted by atomic mass is 32.2. The molecule has 0 radical (unpaired) electrons. The lowest BCUT2D eigenvalue weighted by Crippen LogP contribution is -3.06. The van der Waals surface area contributed by atoms with Gasteiger partial charge in [-0.1, -0.05) is 36.5 Å². The smallest absolute Gasteiger partial charge is 0.244 e. The third-order valence-corrected chi connectivity index (χ3v) is 7.01. The van der Waals surface area contributed by atoms with E-state index in [4.69, 9.17) is 17.0 Å². The van der Waals surface area contributed by atoms with Crippen molar-refractivity contribution in [3.63, 3.8) is 0 Å². The molecular weight excluding hydrogens is 382 g/mol. The van der Waals surface area contributed by atoms with Crippen molar-refractivity contribution in [2.45, 2.75) is 25.0 Å². The van der Waals surface area contributed by atoms with Crippen molar-refractivity contribution < 1.29 is 18.1 Å². The molecular formula is C19H26N3O3S2+. The van der Waals surface area contributed by atoms with Crippen LogP contribution in [0.5, 0.6) is 0 Å². The molecule has 0 aliphatic carbocycles. The monoisotopic (exact) mass is 408 g/mol. The molecule has 1 saturated heterocycles. The number of ether oxygens (including phenoxy) is 1. The molecule has 8 heteroatoms. The van der Waals surface area contributed by atoms with E-state index in [0.29, 0.717) is 37.6 Å². The number of aromatic nitrogens is 1. The van der Waals surface area contributed by atoms with Crippen molar-refractivity contribution in [2.24, 2.45) is 0 Å². The zero-order valence-corrected chi connectivity index (χ0v) is 17.4. The zero-order chi connectivity index (χ0) is 19.4. The molecule has 1 N–H and O–H groups in total. The van der Waals surface area contributed by atoms with Gasteiger partial charge in [0.2, 0.25) is 10.0 Å². The molecule has 1 aromatic carbocycles. The van der Waals surface area contributed by atoms with Gasteiger partial charge in [0.15, 0.2) is 6.67 Å². The number of aryl methyl sites for hydroxylation is 1. The number of nitrogens with one attached hydrogen (secondary N) is 1. The summed E-state index contributed by atoms with van der Waals surface area (Å²) in [5.74, 6) is 0. The van der Waals surface area contributed by atoms with E-state index in [-0.39, 0.29) is 4.90 Å². The molecule has 2 aromatic rings. The number of pyridine rings is 1. The van der Waals surface area contributed by atoms with Crippen LogP contribution in [0.1, 0.15) is 11.1 Å². The van der Waals surface area contributed by atoms with E-state index < -0.39 is 10.0 Å². The fourth-order valence-electron chi connectivity index (χ4n) is 3.20. The number of quaternary nitrogens is 1. The van der Waals surface area contributed by atoms with Gasteiger partial charge in [-0.2, -0.15) is 4.31 Å². The van der Waals surface area contributed by atoms with Crippen molar-refractivity contribution in [3.05, 3.63) is 58.4 Å². The van der Waals surface area contributed by atoms with E-state index in [1.54, 1.807) is 18.3 Å². The minimum atomic E-state index is -3.53. The van der Waals surface area contributed by atoms with E-state index in [9.17, 15) is 8.42 Å². The summed E-state index contributed by atoms with van der Waals surface area (Å²) in [5.41, 5.74) is 2.53. The standard InChI is InChI=1S/C19H25N3O3S2/c1-16-5-3-4-6-17(16)13-20(2)15-21-14-18(7-8-19(21)26)27(23,24)22-9-11-25-12-10-22/h3-8,14H,9-13,15H2,1-2H3/p+1. The van der Waals surface area contributed by atoms with E-state index in [0.717, 1.165) is 6.54 Å². The summed E-state index contributed by atoms with van der Waals surface area (Å²) in [6.45, 7) is 5.18. The van der Waals surface area contributed by atoms with Gasteiger partial charge in [0.25, 0.3) is 0 Å². The quantitative estimate of drug-likeness (QED) is 0.731. The van der Waals surface area contributed by atoms with Gasteiger partial charge in [0.1, 0.15) is 11.2 Å². The maximum absolute atomic E-state index is 12.9. The number of rotatable bonds is 6. The number of nitrogens with zero attached hydrogens (tertiary/aromatic N) is 2. The Morgan fingerprint density at radius 3 is 2.56 bits per heavy atom. The van der Waals surface area contributed by atoms with E-state index >= 15 is 0 Å². The van der Waals surface area contributed by atoms with E-state index in [1.165, 1.54) is 20.3 Å². The van der Waals surface area contributed by atoms with Crippen LogP contribution in [0, 0.1) is 11.6 Å². The lowest BCUT2D eigenvalue weighted by atomic mass is 10.1. The summed E-state index contributed by atoms with van der Waals surface area (Å²) in [6.07, 6.45) is 1.66. The normalized spacial score (nSPS) is 17.0. The first kappa shape index (κ1) is 20.2. The fraction of sp³-hybridized carbons (Fsp3) is 0.421. The second-order valence-electron chi connectivity index (χ2n) is 6.91. The minimum Gasteiger partial charge on any atom is -0.379 e. The second-order valence-corrected chi connectivity index (χ2v) is 9.26. The Labute approximate surface area is 166 Å². The van der Waals surface area contributed by atoms with Crippen molar-refractivity contribution in [1.29, 1.82) is 0 Å². The Morgan fingerprint density at radius 2 is 1.85 bits per heavy atom. The van der Waals surface area contributed by atoms with Crippen molar-refractivity contribution in [2.75, 3.05) is 33.4 Å². The average molecular weight is 409 g/mol. The number of benzene rings is 1. The molecule has 27 heavy (non-hydrogen) atoms. The van der Waals surface area contributed by atoms with E-state index in [2.05, 4.69) is 26.1 Å². The third kappa shape index (κ3) is 4.83. The first-order chi connectivity index (χ1) is 12.9. The number of hydrogen-bond acceptors (Lipinski definition) is 4. The molecule has 0 spiro atoms. The highest BCUT2D eigenvalue weighted by Gasteiger charge is 2.26. The molecule has 1 fully saturated rings. The van der Waals surface area contributed by atoms with Crippen LogP contribution in [0.2, 0.25) is 0 Å². The van der Waals surface area contributed by atoms with Crippen molar-refractivity contribution in [3.8, 4) is 0 Å². The largest absolute Gasteiger partial charge is 0.379 e. The molecule has 0 saturated carbocycles. The molecule has 1 unspecified atom stereocenters. The van der Waals surface area contributed by atoms with Gasteiger partial charge in [0, 0.05) is 24.8 Å². The van der Waals surface area contributed by atoms with Crippen LogP contribution < -0.4 is 4.90 Å². The van der Waals surface area contributed by atoms with Crippen molar-refractivity contribution >= 4 is 22.2 Å². The Bertz CT molecular complexity index is 951. The summed E-state index contributed by atoms with van der Waals surface area (Å²) < 4.78 is 35.0. The molecule has 1 aliphatic rings. The van der Waals surface area contributed by atoms with Gasteiger partial charge in [-0.3, -0.25) is 4.57 Å². The number of morpholine rings is 1. The first-order valence-corrected chi connectivity index (χ1v) is 10.9. The van der Waals surface area contributed by atoms with Gasteiger partial charge in [-0.15, -0.1) is 0 Å². The Kier molecular flexibility index (Phi) is 6.44. The topological polar surface area (TPSA) is 56.0 Å². The van der Waals surface area contributed by atoms with Gasteiger partial charge < -0.3 is 9.64 Å². The molecule has 1 aliphatic heterocycles. The lowest BCUT2D eigenvalue weighted by molar-refractivity contribution is -0.917. The third-order valence-electron chi connectivity index (χ3n) is 4.76. The van der Waals surface area contributed by atoms with Crippen LogP contribution in [0.4, 0.5) is 0 Å². The predicted octanol–water partition coefficient (Wildman–Crippen LogP) is 1.22. The van der Waals surface area contributed by atoms with Gasteiger partial charge >= 0.3 is 0 Å². The molecule has 6 nitrogen and oxygen atoms in total. The summed E-state index contributed by atoms with van der Waals surface area (Å²) >= 11 is 5.42. The maximum Gasteiger partial charge on any atom is 0.244 e. The zero-order valence-electron chi connectivity index (χ0n) is 15.7.